The highest BCUT2D eigenvalue weighted by Gasteiger charge is 2.11. The quantitative estimate of drug-likeness (QED) is 0.736. The first kappa shape index (κ1) is 12.0. The van der Waals surface area contributed by atoms with Crippen molar-refractivity contribution in [1.82, 2.24) is 0 Å². The Morgan fingerprint density at radius 1 is 1.00 bits per heavy atom. The number of hydrogen-bond acceptors (Lipinski definition) is 1. The van der Waals surface area contributed by atoms with Crippen molar-refractivity contribution in [3.8, 4) is 16.9 Å². The maximum absolute atomic E-state index is 9.84. The molecule has 0 amide bonds. The number of rotatable bonds is 1. The zero-order valence-corrected chi connectivity index (χ0v) is 12.0. The molecule has 1 nitrogen and oxygen atoms in total. The third kappa shape index (κ3) is 2.26. The first-order valence-corrected chi connectivity index (χ1v) is 6.49. The van der Waals surface area contributed by atoms with Crippen molar-refractivity contribution >= 4 is 43.5 Å². The number of halogens is 3. The van der Waals surface area contributed by atoms with Gasteiger partial charge >= 0.3 is 0 Å². The van der Waals surface area contributed by atoms with E-state index >= 15 is 0 Å². The van der Waals surface area contributed by atoms with Crippen LogP contribution in [-0.2, 0) is 0 Å². The van der Waals surface area contributed by atoms with Gasteiger partial charge in [0, 0.05) is 25.1 Å². The van der Waals surface area contributed by atoms with Gasteiger partial charge in [-0.2, -0.15) is 0 Å². The zero-order chi connectivity index (χ0) is 11.7. The van der Waals surface area contributed by atoms with E-state index in [1.165, 1.54) is 0 Å². The maximum Gasteiger partial charge on any atom is 0.123 e. The SMILES string of the molecule is Oc1ccc(Cl)cc1-c1c(Br)cccc1Br. The molecule has 16 heavy (non-hydrogen) atoms. The Hall–Kier alpha value is -0.510. The molecular formula is C12H7Br2ClO. The van der Waals surface area contributed by atoms with Crippen molar-refractivity contribution in [3.05, 3.63) is 50.4 Å². The van der Waals surface area contributed by atoms with Gasteiger partial charge in [0.15, 0.2) is 0 Å². The van der Waals surface area contributed by atoms with Crippen molar-refractivity contribution in [1.29, 1.82) is 0 Å². The smallest absolute Gasteiger partial charge is 0.123 e. The van der Waals surface area contributed by atoms with E-state index < -0.39 is 0 Å². The van der Waals surface area contributed by atoms with Crippen molar-refractivity contribution in [2.75, 3.05) is 0 Å². The molecule has 0 bridgehead atoms. The normalized spacial score (nSPS) is 10.4. The van der Waals surface area contributed by atoms with Crippen LogP contribution in [0.5, 0.6) is 5.75 Å². The average Bonchev–Trinajstić information content (AvgIpc) is 2.23. The van der Waals surface area contributed by atoms with Crippen molar-refractivity contribution < 1.29 is 5.11 Å². The summed E-state index contributed by atoms with van der Waals surface area (Å²) in [5.41, 5.74) is 1.59. The molecule has 0 aliphatic carbocycles. The molecule has 2 aromatic rings. The summed E-state index contributed by atoms with van der Waals surface area (Å²) in [6.45, 7) is 0. The van der Waals surface area contributed by atoms with Gasteiger partial charge in [0.25, 0.3) is 0 Å². The molecule has 0 saturated carbocycles. The summed E-state index contributed by atoms with van der Waals surface area (Å²) in [5, 5.41) is 10.4. The maximum atomic E-state index is 9.84. The van der Waals surface area contributed by atoms with Crippen molar-refractivity contribution in [2.24, 2.45) is 0 Å². The molecule has 0 aromatic heterocycles. The van der Waals surface area contributed by atoms with Crippen LogP contribution in [0.1, 0.15) is 0 Å². The minimum absolute atomic E-state index is 0.206. The molecule has 0 fully saturated rings. The lowest BCUT2D eigenvalue weighted by atomic mass is 10.0. The van der Waals surface area contributed by atoms with Gasteiger partial charge in [0.2, 0.25) is 0 Å². The van der Waals surface area contributed by atoms with Gasteiger partial charge in [-0.25, -0.2) is 0 Å². The molecule has 1 N–H and O–H groups in total. The molecule has 2 aromatic carbocycles. The second-order valence-corrected chi connectivity index (χ2v) is 5.40. The predicted molar refractivity (Wildman–Crippen MR) is 74.0 cm³/mol. The summed E-state index contributed by atoms with van der Waals surface area (Å²) >= 11 is 12.8. The molecule has 0 atom stereocenters. The molecule has 0 spiro atoms. The second kappa shape index (κ2) is 4.78. The van der Waals surface area contributed by atoms with E-state index in [0.717, 1.165) is 14.5 Å². The van der Waals surface area contributed by atoms with E-state index in [2.05, 4.69) is 31.9 Å². The Labute approximate surface area is 115 Å². The van der Waals surface area contributed by atoms with Crippen molar-refractivity contribution in [3.63, 3.8) is 0 Å². The van der Waals surface area contributed by atoms with Crippen LogP contribution in [0.4, 0.5) is 0 Å². The highest BCUT2D eigenvalue weighted by atomic mass is 79.9. The van der Waals surface area contributed by atoms with Crippen LogP contribution >= 0.6 is 43.5 Å². The summed E-state index contributed by atoms with van der Waals surface area (Å²) in [6.07, 6.45) is 0. The molecular weight excluding hydrogens is 355 g/mol. The van der Waals surface area contributed by atoms with Gasteiger partial charge in [-0.15, -0.1) is 0 Å². The van der Waals surface area contributed by atoms with Gasteiger partial charge in [-0.3, -0.25) is 0 Å². The molecule has 0 aliphatic rings. The lowest BCUT2D eigenvalue weighted by molar-refractivity contribution is 0.477. The highest BCUT2D eigenvalue weighted by Crippen LogP contribution is 2.40. The Balaban J connectivity index is 2.72. The fourth-order valence-corrected chi connectivity index (χ4v) is 3.06. The van der Waals surface area contributed by atoms with E-state index in [0.29, 0.717) is 10.6 Å². The van der Waals surface area contributed by atoms with Crippen LogP contribution in [-0.4, -0.2) is 5.11 Å². The van der Waals surface area contributed by atoms with Gasteiger partial charge in [0.1, 0.15) is 5.75 Å². The summed E-state index contributed by atoms with van der Waals surface area (Å²) < 4.78 is 1.80. The molecule has 0 aliphatic heterocycles. The van der Waals surface area contributed by atoms with Crippen LogP contribution in [0, 0.1) is 0 Å². The summed E-state index contributed by atoms with van der Waals surface area (Å²) in [5.74, 6) is 0.206. The van der Waals surface area contributed by atoms with Crippen LogP contribution < -0.4 is 0 Å². The van der Waals surface area contributed by atoms with Gasteiger partial charge < -0.3 is 5.11 Å². The minimum atomic E-state index is 0.206. The number of aromatic hydroxyl groups is 1. The van der Waals surface area contributed by atoms with Gasteiger partial charge in [-0.05, 0) is 30.3 Å². The molecule has 4 heteroatoms. The fourth-order valence-electron chi connectivity index (χ4n) is 1.46. The summed E-state index contributed by atoms with van der Waals surface area (Å²) in [6, 6.07) is 10.7. The lowest BCUT2D eigenvalue weighted by Gasteiger charge is -2.09. The molecule has 0 radical (unpaired) electrons. The molecule has 2 rings (SSSR count). The van der Waals surface area contributed by atoms with Crippen LogP contribution in [0.25, 0.3) is 11.1 Å². The Kier molecular flexibility index (Phi) is 3.57. The Bertz CT molecular complexity index is 520. The standard InChI is InChI=1S/C12H7Br2ClO/c13-9-2-1-3-10(14)12(9)8-6-7(15)4-5-11(8)16/h1-6,16H. The van der Waals surface area contributed by atoms with E-state index in [1.54, 1.807) is 18.2 Å². The topological polar surface area (TPSA) is 20.2 Å². The number of benzene rings is 2. The zero-order valence-electron chi connectivity index (χ0n) is 8.05. The first-order chi connectivity index (χ1) is 7.59. The van der Waals surface area contributed by atoms with E-state index in [9.17, 15) is 5.11 Å². The third-order valence-electron chi connectivity index (χ3n) is 2.19. The second-order valence-electron chi connectivity index (χ2n) is 3.26. The van der Waals surface area contributed by atoms with Crippen molar-refractivity contribution in [2.45, 2.75) is 0 Å². The molecule has 0 heterocycles. The monoisotopic (exact) mass is 360 g/mol. The van der Waals surface area contributed by atoms with E-state index in [-0.39, 0.29) is 5.75 Å². The largest absolute Gasteiger partial charge is 0.507 e. The van der Waals surface area contributed by atoms with E-state index in [1.807, 2.05) is 18.2 Å². The summed E-state index contributed by atoms with van der Waals surface area (Å²) in [7, 11) is 0. The predicted octanol–water partition coefficient (Wildman–Crippen LogP) is 5.24. The highest BCUT2D eigenvalue weighted by molar-refractivity contribution is 9.11. The fraction of sp³-hybridized carbons (Fsp3) is 0. The number of hydrogen-bond donors (Lipinski definition) is 1. The average molecular weight is 362 g/mol. The van der Waals surface area contributed by atoms with Crippen LogP contribution in [0.3, 0.4) is 0 Å². The third-order valence-corrected chi connectivity index (χ3v) is 3.75. The van der Waals surface area contributed by atoms with Gasteiger partial charge in [-0.1, -0.05) is 49.5 Å². The molecule has 0 unspecified atom stereocenters. The molecule has 82 valence electrons. The lowest BCUT2D eigenvalue weighted by Crippen LogP contribution is -1.83. The first-order valence-electron chi connectivity index (χ1n) is 4.52. The van der Waals surface area contributed by atoms with E-state index in [4.69, 9.17) is 11.6 Å². The number of phenols is 1. The molecule has 0 saturated heterocycles. The Morgan fingerprint density at radius 3 is 2.25 bits per heavy atom. The summed E-state index contributed by atoms with van der Waals surface area (Å²) in [4.78, 5) is 0. The minimum Gasteiger partial charge on any atom is -0.507 e. The number of phenolic OH excluding ortho intramolecular Hbond substituents is 1. The van der Waals surface area contributed by atoms with Crippen LogP contribution in [0.2, 0.25) is 5.02 Å². The van der Waals surface area contributed by atoms with Crippen LogP contribution in [0.15, 0.2) is 45.3 Å². The van der Waals surface area contributed by atoms with Gasteiger partial charge in [0.05, 0.1) is 0 Å². The Morgan fingerprint density at radius 2 is 1.62 bits per heavy atom.